The molecular weight excluding hydrogens is 333 g/mol. The van der Waals surface area contributed by atoms with Crippen molar-refractivity contribution in [2.24, 2.45) is 0 Å². The summed E-state index contributed by atoms with van der Waals surface area (Å²) in [5.41, 5.74) is 0.987. The number of methoxy groups -OCH3 is 1. The molecule has 0 aromatic heterocycles. The van der Waals surface area contributed by atoms with E-state index in [1.54, 1.807) is 0 Å². The van der Waals surface area contributed by atoms with Gasteiger partial charge in [-0.3, -0.25) is 9.59 Å². The highest BCUT2D eigenvalue weighted by atomic mass is 127. The second kappa shape index (κ2) is 6.58. The van der Waals surface area contributed by atoms with E-state index in [2.05, 4.69) is 27.3 Å². The first kappa shape index (κ1) is 14.0. The molecule has 1 aromatic rings. The maximum absolute atomic E-state index is 11.1. The molecule has 1 rings (SSSR count). The van der Waals surface area contributed by atoms with Crippen LogP contribution in [0.25, 0.3) is 0 Å². The molecule has 1 atom stereocenters. The zero-order valence-corrected chi connectivity index (χ0v) is 11.9. The SMILES string of the molecule is COC(=O)CN(C=O)[C@H](C)c1ccc(I)cc1. The van der Waals surface area contributed by atoms with E-state index in [0.717, 1.165) is 9.13 Å². The Morgan fingerprint density at radius 2 is 2.06 bits per heavy atom. The Morgan fingerprint density at radius 1 is 1.47 bits per heavy atom. The molecule has 5 heteroatoms. The van der Waals surface area contributed by atoms with Crippen LogP contribution < -0.4 is 0 Å². The standard InChI is InChI=1S/C12H14INO3/c1-9(10-3-5-11(13)6-4-10)14(8-15)7-12(16)17-2/h3-6,8-9H,7H2,1-2H3/t9-/m1/s1. The van der Waals surface area contributed by atoms with Gasteiger partial charge in [-0.2, -0.15) is 0 Å². The van der Waals surface area contributed by atoms with E-state index in [9.17, 15) is 9.59 Å². The third-order valence-corrected chi connectivity index (χ3v) is 3.24. The van der Waals surface area contributed by atoms with Gasteiger partial charge in [-0.25, -0.2) is 0 Å². The van der Waals surface area contributed by atoms with Gasteiger partial charge in [-0.15, -0.1) is 0 Å². The van der Waals surface area contributed by atoms with Gasteiger partial charge in [0, 0.05) is 3.57 Å². The normalized spacial score (nSPS) is 11.7. The molecule has 0 aliphatic rings. The van der Waals surface area contributed by atoms with E-state index in [0.29, 0.717) is 6.41 Å². The fourth-order valence-electron chi connectivity index (χ4n) is 1.41. The van der Waals surface area contributed by atoms with Crippen LogP contribution in [0.15, 0.2) is 24.3 Å². The number of ether oxygens (including phenoxy) is 1. The maximum Gasteiger partial charge on any atom is 0.325 e. The predicted molar refractivity (Wildman–Crippen MR) is 72.4 cm³/mol. The summed E-state index contributed by atoms with van der Waals surface area (Å²) in [5.74, 6) is -0.422. The minimum atomic E-state index is -0.422. The molecular formula is C12H14INO3. The zero-order valence-electron chi connectivity index (χ0n) is 9.72. The number of halogens is 1. The van der Waals surface area contributed by atoms with Crippen molar-refractivity contribution in [2.45, 2.75) is 13.0 Å². The lowest BCUT2D eigenvalue weighted by Gasteiger charge is -2.24. The molecule has 0 heterocycles. The van der Waals surface area contributed by atoms with Gasteiger partial charge in [0.2, 0.25) is 6.41 Å². The topological polar surface area (TPSA) is 46.6 Å². The average Bonchev–Trinajstić information content (AvgIpc) is 2.35. The van der Waals surface area contributed by atoms with Crippen LogP contribution in [0, 0.1) is 3.57 Å². The zero-order chi connectivity index (χ0) is 12.8. The second-order valence-corrected chi connectivity index (χ2v) is 4.83. The monoisotopic (exact) mass is 347 g/mol. The van der Waals surface area contributed by atoms with Crippen LogP contribution >= 0.6 is 22.6 Å². The highest BCUT2D eigenvalue weighted by Crippen LogP contribution is 2.19. The molecule has 4 nitrogen and oxygen atoms in total. The van der Waals surface area contributed by atoms with Crippen molar-refractivity contribution in [1.29, 1.82) is 0 Å². The van der Waals surface area contributed by atoms with E-state index < -0.39 is 5.97 Å². The van der Waals surface area contributed by atoms with E-state index in [-0.39, 0.29) is 12.6 Å². The largest absolute Gasteiger partial charge is 0.468 e. The van der Waals surface area contributed by atoms with Crippen LogP contribution in [-0.2, 0) is 14.3 Å². The summed E-state index contributed by atoms with van der Waals surface area (Å²) >= 11 is 2.22. The molecule has 0 fully saturated rings. The molecule has 0 saturated carbocycles. The van der Waals surface area contributed by atoms with Crippen molar-refractivity contribution in [3.63, 3.8) is 0 Å². The molecule has 0 N–H and O–H groups in total. The minimum absolute atomic E-state index is 0.0346. The number of carbonyl (C=O) groups is 2. The summed E-state index contributed by atoms with van der Waals surface area (Å²) in [5, 5.41) is 0. The number of esters is 1. The van der Waals surface area contributed by atoms with Crippen molar-refractivity contribution in [2.75, 3.05) is 13.7 Å². The summed E-state index contributed by atoms with van der Waals surface area (Å²) in [6.07, 6.45) is 0.666. The minimum Gasteiger partial charge on any atom is -0.468 e. The maximum atomic E-state index is 11.1. The van der Waals surface area contributed by atoms with Gasteiger partial charge in [0.05, 0.1) is 13.2 Å². The number of amides is 1. The molecule has 0 aliphatic heterocycles. The van der Waals surface area contributed by atoms with E-state index in [4.69, 9.17) is 0 Å². The first-order chi connectivity index (χ1) is 8.08. The summed E-state index contributed by atoms with van der Waals surface area (Å²) < 4.78 is 5.68. The van der Waals surface area contributed by atoms with Crippen molar-refractivity contribution < 1.29 is 14.3 Å². The number of hydrogen-bond acceptors (Lipinski definition) is 3. The highest BCUT2D eigenvalue weighted by Gasteiger charge is 2.17. The van der Waals surface area contributed by atoms with Crippen LogP contribution in [0.3, 0.4) is 0 Å². The van der Waals surface area contributed by atoms with Crippen LogP contribution in [0.4, 0.5) is 0 Å². The number of hydrogen-bond donors (Lipinski definition) is 0. The van der Waals surface area contributed by atoms with Crippen LogP contribution in [0.2, 0.25) is 0 Å². The average molecular weight is 347 g/mol. The first-order valence-electron chi connectivity index (χ1n) is 5.11. The Labute approximate surface area is 114 Å². The van der Waals surface area contributed by atoms with Crippen molar-refractivity contribution in [3.8, 4) is 0 Å². The molecule has 0 bridgehead atoms. The van der Waals surface area contributed by atoms with E-state index in [1.807, 2.05) is 31.2 Å². The van der Waals surface area contributed by atoms with Gasteiger partial charge < -0.3 is 9.64 Å². The Morgan fingerprint density at radius 3 is 2.53 bits per heavy atom. The fraction of sp³-hybridized carbons (Fsp3) is 0.333. The van der Waals surface area contributed by atoms with Gasteiger partial charge in [0.15, 0.2) is 0 Å². The first-order valence-corrected chi connectivity index (χ1v) is 6.19. The summed E-state index contributed by atoms with van der Waals surface area (Å²) in [6, 6.07) is 7.67. The fourth-order valence-corrected chi connectivity index (χ4v) is 1.77. The quantitative estimate of drug-likeness (QED) is 0.465. The molecule has 1 aromatic carbocycles. The lowest BCUT2D eigenvalue weighted by atomic mass is 10.1. The Balaban J connectivity index is 2.78. The molecule has 0 saturated heterocycles. The summed E-state index contributed by atoms with van der Waals surface area (Å²) in [7, 11) is 1.31. The predicted octanol–water partition coefficient (Wildman–Crippen LogP) is 1.98. The van der Waals surface area contributed by atoms with Gasteiger partial charge in [-0.05, 0) is 47.2 Å². The van der Waals surface area contributed by atoms with E-state index >= 15 is 0 Å². The van der Waals surface area contributed by atoms with Gasteiger partial charge in [0.25, 0.3) is 0 Å². The molecule has 92 valence electrons. The number of nitrogens with zero attached hydrogens (tertiary/aromatic N) is 1. The third kappa shape index (κ3) is 3.99. The lowest BCUT2D eigenvalue weighted by Crippen LogP contribution is -2.31. The number of benzene rings is 1. The van der Waals surface area contributed by atoms with Crippen LogP contribution in [0.5, 0.6) is 0 Å². The molecule has 1 amide bonds. The Bertz CT molecular complexity index is 391. The van der Waals surface area contributed by atoms with Crippen LogP contribution in [-0.4, -0.2) is 30.9 Å². The van der Waals surface area contributed by atoms with E-state index in [1.165, 1.54) is 12.0 Å². The smallest absolute Gasteiger partial charge is 0.325 e. The van der Waals surface area contributed by atoms with Crippen LogP contribution in [0.1, 0.15) is 18.5 Å². The number of carbonyl (C=O) groups excluding carboxylic acids is 2. The molecule has 17 heavy (non-hydrogen) atoms. The van der Waals surface area contributed by atoms with Gasteiger partial charge in [0.1, 0.15) is 6.54 Å². The molecule has 0 aliphatic carbocycles. The van der Waals surface area contributed by atoms with Crippen molar-refractivity contribution in [3.05, 3.63) is 33.4 Å². The van der Waals surface area contributed by atoms with Gasteiger partial charge >= 0.3 is 5.97 Å². The van der Waals surface area contributed by atoms with Crippen molar-refractivity contribution >= 4 is 35.0 Å². The van der Waals surface area contributed by atoms with Crippen molar-refractivity contribution in [1.82, 2.24) is 4.90 Å². The molecule has 0 unspecified atom stereocenters. The number of rotatable bonds is 5. The summed E-state index contributed by atoms with van der Waals surface area (Å²) in [4.78, 5) is 23.5. The molecule has 0 radical (unpaired) electrons. The lowest BCUT2D eigenvalue weighted by molar-refractivity contribution is -0.145. The Kier molecular flexibility index (Phi) is 5.40. The van der Waals surface area contributed by atoms with Gasteiger partial charge in [-0.1, -0.05) is 12.1 Å². The molecule has 0 spiro atoms. The highest BCUT2D eigenvalue weighted by molar-refractivity contribution is 14.1. The Hall–Kier alpha value is -1.11. The summed E-state index contributed by atoms with van der Waals surface area (Å²) in [6.45, 7) is 1.84. The third-order valence-electron chi connectivity index (χ3n) is 2.52. The second-order valence-electron chi connectivity index (χ2n) is 3.58.